The lowest BCUT2D eigenvalue weighted by Crippen LogP contribution is -2.34. The van der Waals surface area contributed by atoms with Gasteiger partial charge in [0, 0.05) is 4.47 Å². The van der Waals surface area contributed by atoms with Gasteiger partial charge in [0.05, 0.1) is 29.3 Å². The number of halogens is 1. The fraction of sp³-hybridized carbons (Fsp3) is 0.0769. The molecule has 8 heteroatoms. The van der Waals surface area contributed by atoms with E-state index in [-0.39, 0.29) is 11.1 Å². The number of carboxylic acid groups (broad SMARTS) is 1. The molecule has 0 spiro atoms. The second kappa shape index (κ2) is 9.84. The molecule has 7 nitrogen and oxygen atoms in total. The van der Waals surface area contributed by atoms with Crippen molar-refractivity contribution in [3.05, 3.63) is 109 Å². The van der Waals surface area contributed by atoms with E-state index >= 15 is 0 Å². The van der Waals surface area contributed by atoms with Crippen LogP contribution in [0.2, 0.25) is 0 Å². The van der Waals surface area contributed by atoms with Gasteiger partial charge in [0.2, 0.25) is 0 Å². The molecule has 0 radical (unpaired) electrons. The van der Waals surface area contributed by atoms with E-state index in [1.807, 2.05) is 30.3 Å². The first-order valence-electron chi connectivity index (χ1n) is 10.2. The molecule has 0 aliphatic carbocycles. The number of hydrogen-bond donors (Lipinski definition) is 1. The molecule has 0 atom stereocenters. The fourth-order valence-corrected chi connectivity index (χ4v) is 3.83. The van der Waals surface area contributed by atoms with Gasteiger partial charge in [-0.1, -0.05) is 65.0 Å². The van der Waals surface area contributed by atoms with Crippen LogP contribution in [-0.2, 0) is 6.61 Å². The Bertz CT molecular complexity index is 1510. The average molecular weight is 520 g/mol. The summed E-state index contributed by atoms with van der Waals surface area (Å²) in [6.07, 6.45) is 1.70. The SMILES string of the molecule is C=c1[nH]n(-c2ccc(C(=O)[O-])cc2)c(=O)c1=Cc1cc(OC)c(OCc2ccccc2)cc1Br. The molecule has 0 amide bonds. The Morgan fingerprint density at radius 3 is 2.47 bits per heavy atom. The third-order valence-corrected chi connectivity index (χ3v) is 5.87. The van der Waals surface area contributed by atoms with Crippen molar-refractivity contribution in [3.63, 3.8) is 0 Å². The van der Waals surface area contributed by atoms with Crippen molar-refractivity contribution in [2.75, 3.05) is 7.11 Å². The topological polar surface area (TPSA) is 96.4 Å². The highest BCUT2D eigenvalue weighted by molar-refractivity contribution is 9.10. The largest absolute Gasteiger partial charge is 0.545 e. The number of aromatic nitrogens is 2. The molecule has 3 aromatic carbocycles. The molecule has 0 aliphatic rings. The van der Waals surface area contributed by atoms with Gasteiger partial charge in [-0.2, -0.15) is 0 Å². The number of carbonyl (C=O) groups excluding carboxylic acids is 1. The summed E-state index contributed by atoms with van der Waals surface area (Å²) in [6.45, 7) is 4.32. The fourth-order valence-electron chi connectivity index (χ4n) is 3.40. The Kier molecular flexibility index (Phi) is 6.70. The number of carboxylic acids is 1. The van der Waals surface area contributed by atoms with Crippen LogP contribution in [0.25, 0.3) is 18.3 Å². The van der Waals surface area contributed by atoms with Gasteiger partial charge >= 0.3 is 0 Å². The van der Waals surface area contributed by atoms with Gasteiger partial charge in [0.25, 0.3) is 5.56 Å². The standard InChI is InChI=1S/C26H21BrN2O5/c1-16-21(25(30)29(28-16)20-10-8-18(9-11-20)26(31)32)12-19-13-23(33-2)24(14-22(19)27)34-15-17-6-4-3-5-7-17/h3-14,28H,1,15H2,2H3,(H,31,32)/p-1. The van der Waals surface area contributed by atoms with Gasteiger partial charge in [-0.15, -0.1) is 0 Å². The number of H-pyrrole nitrogens is 1. The molecule has 0 saturated carbocycles. The predicted octanol–water partition coefficient (Wildman–Crippen LogP) is 2.12. The highest BCUT2D eigenvalue weighted by Crippen LogP contribution is 2.34. The lowest BCUT2D eigenvalue weighted by atomic mass is 10.1. The van der Waals surface area contributed by atoms with Gasteiger partial charge in [-0.3, -0.25) is 9.89 Å². The minimum atomic E-state index is -1.28. The predicted molar refractivity (Wildman–Crippen MR) is 131 cm³/mol. The number of methoxy groups -OCH3 is 1. The van der Waals surface area contributed by atoms with Crippen LogP contribution in [0.4, 0.5) is 0 Å². The molecule has 4 rings (SSSR count). The van der Waals surface area contributed by atoms with E-state index < -0.39 is 5.97 Å². The number of benzene rings is 3. The number of hydrogen-bond acceptors (Lipinski definition) is 5. The number of rotatable bonds is 7. The number of nitrogens with one attached hydrogen (secondary N) is 1. The highest BCUT2D eigenvalue weighted by Gasteiger charge is 2.11. The van der Waals surface area contributed by atoms with Crippen LogP contribution < -0.4 is 30.7 Å². The Hall–Kier alpha value is -4.04. The molecule has 1 aromatic heterocycles. The van der Waals surface area contributed by atoms with Gasteiger partial charge in [-0.25, -0.2) is 4.68 Å². The Morgan fingerprint density at radius 2 is 1.82 bits per heavy atom. The van der Waals surface area contributed by atoms with Crippen molar-refractivity contribution in [3.8, 4) is 17.2 Å². The first kappa shape index (κ1) is 23.1. The molecule has 1 N–H and O–H groups in total. The smallest absolute Gasteiger partial charge is 0.279 e. The summed E-state index contributed by atoms with van der Waals surface area (Å²) in [5.41, 5.74) is 1.89. The van der Waals surface area contributed by atoms with E-state index in [0.717, 1.165) is 5.56 Å². The number of ether oxygens (including phenoxy) is 2. The Morgan fingerprint density at radius 1 is 1.12 bits per heavy atom. The zero-order valence-electron chi connectivity index (χ0n) is 18.2. The summed E-state index contributed by atoms with van der Waals surface area (Å²) in [5.74, 6) is -0.207. The van der Waals surface area contributed by atoms with Gasteiger partial charge in [0.1, 0.15) is 6.61 Å². The third kappa shape index (κ3) is 4.82. The third-order valence-electron chi connectivity index (χ3n) is 5.19. The van der Waals surface area contributed by atoms with Crippen LogP contribution in [0.15, 0.2) is 76.0 Å². The lowest BCUT2D eigenvalue weighted by Gasteiger charge is -2.13. The maximum absolute atomic E-state index is 13.1. The maximum Gasteiger partial charge on any atom is 0.279 e. The van der Waals surface area contributed by atoms with Crippen LogP contribution in [0.5, 0.6) is 11.5 Å². The zero-order valence-corrected chi connectivity index (χ0v) is 19.8. The first-order chi connectivity index (χ1) is 16.4. The number of nitrogens with zero attached hydrogens (tertiary/aromatic N) is 1. The van der Waals surface area contributed by atoms with Crippen LogP contribution in [0, 0.1) is 0 Å². The van der Waals surface area contributed by atoms with Crippen LogP contribution in [0.3, 0.4) is 0 Å². The molecule has 34 heavy (non-hydrogen) atoms. The quantitative estimate of drug-likeness (QED) is 0.403. The van der Waals surface area contributed by atoms with Gasteiger partial charge in [-0.05, 0) is 47.0 Å². The number of carbonyl (C=O) groups is 1. The summed E-state index contributed by atoms with van der Waals surface area (Å²) in [5, 5.41) is 14.7. The minimum Gasteiger partial charge on any atom is -0.545 e. The van der Waals surface area contributed by atoms with Crippen molar-refractivity contribution in [2.24, 2.45) is 0 Å². The summed E-state index contributed by atoms with van der Waals surface area (Å²) in [7, 11) is 1.55. The average Bonchev–Trinajstić information content (AvgIpc) is 3.13. The summed E-state index contributed by atoms with van der Waals surface area (Å²) in [6, 6.07) is 19.1. The second-order valence-corrected chi connectivity index (χ2v) is 8.28. The molecular weight excluding hydrogens is 500 g/mol. The lowest BCUT2D eigenvalue weighted by molar-refractivity contribution is -0.255. The zero-order chi connectivity index (χ0) is 24.2. The van der Waals surface area contributed by atoms with Gasteiger partial charge in [0.15, 0.2) is 11.5 Å². The molecule has 0 saturated heterocycles. The van der Waals surface area contributed by atoms with E-state index in [4.69, 9.17) is 9.47 Å². The van der Waals surface area contributed by atoms with Crippen molar-refractivity contribution in [2.45, 2.75) is 6.61 Å². The first-order valence-corrected chi connectivity index (χ1v) is 11.0. The Labute approximate surface area is 203 Å². The van der Waals surface area contributed by atoms with Crippen LogP contribution in [0.1, 0.15) is 21.5 Å². The molecule has 0 fully saturated rings. The monoisotopic (exact) mass is 519 g/mol. The van der Waals surface area contributed by atoms with Crippen LogP contribution in [-0.4, -0.2) is 22.9 Å². The van der Waals surface area contributed by atoms with E-state index in [2.05, 4.69) is 27.6 Å². The van der Waals surface area contributed by atoms with E-state index in [1.165, 1.54) is 28.9 Å². The molecule has 4 aromatic rings. The van der Waals surface area contributed by atoms with Gasteiger partial charge < -0.3 is 19.4 Å². The summed E-state index contributed by atoms with van der Waals surface area (Å²) >= 11 is 3.55. The van der Waals surface area contributed by atoms with Crippen molar-refractivity contribution in [1.82, 2.24) is 9.78 Å². The molecule has 172 valence electrons. The van der Waals surface area contributed by atoms with E-state index in [0.29, 0.717) is 44.4 Å². The Balaban J connectivity index is 1.69. The number of aromatic amines is 1. The minimum absolute atomic E-state index is 0.0237. The summed E-state index contributed by atoms with van der Waals surface area (Å²) in [4.78, 5) is 24.0. The summed E-state index contributed by atoms with van der Waals surface area (Å²) < 4.78 is 13.5. The normalized spacial score (nSPS) is 11.4. The maximum atomic E-state index is 13.1. The number of aromatic carboxylic acids is 1. The molecule has 0 bridgehead atoms. The van der Waals surface area contributed by atoms with E-state index in [1.54, 1.807) is 25.3 Å². The molecular formula is C26H20BrN2O5-. The second-order valence-electron chi connectivity index (χ2n) is 7.42. The molecule has 0 aliphatic heterocycles. The van der Waals surface area contributed by atoms with Crippen molar-refractivity contribution >= 4 is 34.6 Å². The van der Waals surface area contributed by atoms with E-state index in [9.17, 15) is 14.7 Å². The molecule has 1 heterocycles. The highest BCUT2D eigenvalue weighted by atomic mass is 79.9. The van der Waals surface area contributed by atoms with Crippen LogP contribution >= 0.6 is 15.9 Å². The van der Waals surface area contributed by atoms with Crippen molar-refractivity contribution in [1.29, 1.82) is 0 Å². The molecule has 0 unspecified atom stereocenters. The van der Waals surface area contributed by atoms with Crippen molar-refractivity contribution < 1.29 is 19.4 Å².